The number of aromatic nitrogens is 4. The third-order valence-electron chi connectivity index (χ3n) is 5.55. The second-order valence-electron chi connectivity index (χ2n) is 7.57. The number of nitrogens with one attached hydrogen (secondary N) is 1. The number of benzene rings is 1. The Morgan fingerprint density at radius 3 is 3.00 bits per heavy atom. The van der Waals surface area contributed by atoms with Gasteiger partial charge in [0.05, 0.1) is 6.20 Å². The van der Waals surface area contributed by atoms with Gasteiger partial charge in [-0.1, -0.05) is 29.8 Å². The fraction of sp³-hybridized carbons (Fsp3) is 0.273. The van der Waals surface area contributed by atoms with Gasteiger partial charge in [-0.3, -0.25) is 9.20 Å². The monoisotopic (exact) mass is 387 g/mol. The van der Waals surface area contributed by atoms with Crippen molar-refractivity contribution >= 4 is 17.2 Å². The summed E-state index contributed by atoms with van der Waals surface area (Å²) in [5, 5.41) is 7.11. The predicted molar refractivity (Wildman–Crippen MR) is 109 cm³/mol. The van der Waals surface area contributed by atoms with Crippen LogP contribution in [0.2, 0.25) is 0 Å². The number of hydrogen-bond donors (Lipinski definition) is 1. The van der Waals surface area contributed by atoms with Gasteiger partial charge < -0.3 is 9.84 Å². The third kappa shape index (κ3) is 3.40. The van der Waals surface area contributed by atoms with E-state index in [4.69, 9.17) is 4.52 Å². The van der Waals surface area contributed by atoms with Crippen LogP contribution in [0.5, 0.6) is 0 Å². The molecule has 0 saturated heterocycles. The van der Waals surface area contributed by atoms with E-state index in [0.717, 1.165) is 23.2 Å². The van der Waals surface area contributed by atoms with Crippen LogP contribution in [0.1, 0.15) is 41.2 Å². The Kier molecular flexibility index (Phi) is 4.35. The highest BCUT2D eigenvalue weighted by Gasteiger charge is 2.21. The lowest BCUT2D eigenvalue weighted by molar-refractivity contribution is 0.102. The topological polar surface area (TPSA) is 85.3 Å². The molecule has 1 aromatic carbocycles. The van der Waals surface area contributed by atoms with Gasteiger partial charge in [0.15, 0.2) is 0 Å². The zero-order chi connectivity index (χ0) is 19.8. The fourth-order valence-electron chi connectivity index (χ4n) is 3.58. The van der Waals surface area contributed by atoms with Gasteiger partial charge in [-0.2, -0.15) is 4.98 Å². The molecule has 0 unspecified atom stereocenters. The molecule has 3 heterocycles. The van der Waals surface area contributed by atoms with E-state index in [0.29, 0.717) is 29.0 Å². The summed E-state index contributed by atoms with van der Waals surface area (Å²) in [4.78, 5) is 21.6. The number of aryl methyl sites for hydroxylation is 1. The molecule has 3 aromatic heterocycles. The van der Waals surface area contributed by atoms with Crippen LogP contribution in [-0.2, 0) is 6.42 Å². The van der Waals surface area contributed by atoms with E-state index >= 15 is 0 Å². The van der Waals surface area contributed by atoms with Gasteiger partial charge in [-0.25, -0.2) is 4.98 Å². The van der Waals surface area contributed by atoms with E-state index in [1.165, 1.54) is 19.3 Å². The van der Waals surface area contributed by atoms with Crippen LogP contribution in [0.25, 0.3) is 17.0 Å². The van der Waals surface area contributed by atoms with E-state index < -0.39 is 0 Å². The van der Waals surface area contributed by atoms with Crippen LogP contribution in [0.3, 0.4) is 0 Å². The van der Waals surface area contributed by atoms with Crippen molar-refractivity contribution in [3.05, 3.63) is 65.9 Å². The summed E-state index contributed by atoms with van der Waals surface area (Å²) < 4.78 is 7.19. The van der Waals surface area contributed by atoms with Gasteiger partial charge in [-0.15, -0.1) is 0 Å². The van der Waals surface area contributed by atoms with Crippen LogP contribution >= 0.6 is 0 Å². The molecule has 146 valence electrons. The smallest absolute Gasteiger partial charge is 0.274 e. The first-order valence-corrected chi connectivity index (χ1v) is 9.84. The minimum Gasteiger partial charge on any atom is -0.339 e. The third-order valence-corrected chi connectivity index (χ3v) is 5.55. The first-order chi connectivity index (χ1) is 14.2. The zero-order valence-electron chi connectivity index (χ0n) is 16.1. The van der Waals surface area contributed by atoms with Crippen molar-refractivity contribution in [3.63, 3.8) is 0 Å². The van der Waals surface area contributed by atoms with Crippen molar-refractivity contribution in [3.8, 4) is 11.4 Å². The molecular formula is C22H21N5O2. The second kappa shape index (κ2) is 7.16. The molecule has 1 saturated carbocycles. The van der Waals surface area contributed by atoms with Gasteiger partial charge in [0.2, 0.25) is 11.7 Å². The summed E-state index contributed by atoms with van der Waals surface area (Å²) in [6, 6.07) is 11.4. The van der Waals surface area contributed by atoms with Crippen molar-refractivity contribution in [2.75, 3.05) is 5.32 Å². The molecule has 5 rings (SSSR count). The Hall–Kier alpha value is -3.48. The Balaban J connectivity index is 1.38. The van der Waals surface area contributed by atoms with Gasteiger partial charge >= 0.3 is 0 Å². The molecule has 0 aliphatic heterocycles. The average molecular weight is 387 g/mol. The largest absolute Gasteiger partial charge is 0.339 e. The molecule has 29 heavy (non-hydrogen) atoms. The minimum atomic E-state index is -0.220. The zero-order valence-corrected chi connectivity index (χ0v) is 16.1. The van der Waals surface area contributed by atoms with E-state index in [1.54, 1.807) is 10.6 Å². The first kappa shape index (κ1) is 17.6. The summed E-state index contributed by atoms with van der Waals surface area (Å²) in [7, 11) is 0. The number of anilines is 1. The van der Waals surface area contributed by atoms with Gasteiger partial charge in [0.25, 0.3) is 5.91 Å². The quantitative estimate of drug-likeness (QED) is 0.552. The molecule has 0 spiro atoms. The van der Waals surface area contributed by atoms with Crippen molar-refractivity contribution in [1.29, 1.82) is 0 Å². The molecule has 1 N–H and O–H groups in total. The van der Waals surface area contributed by atoms with Gasteiger partial charge in [0.1, 0.15) is 11.3 Å². The van der Waals surface area contributed by atoms with Crippen LogP contribution in [0, 0.1) is 12.8 Å². The molecule has 1 aliphatic carbocycles. The Morgan fingerprint density at radius 1 is 1.28 bits per heavy atom. The maximum Gasteiger partial charge on any atom is 0.274 e. The van der Waals surface area contributed by atoms with Crippen LogP contribution < -0.4 is 5.32 Å². The molecule has 0 bridgehead atoms. The normalized spacial score (nSPS) is 14.1. The van der Waals surface area contributed by atoms with Crippen molar-refractivity contribution in [2.45, 2.75) is 32.6 Å². The number of hydrogen-bond acceptors (Lipinski definition) is 5. The standard InChI is InChI=1S/C22H21N5O2/c1-14-8-9-16(21-25-20(29-26-21)11-15-5-4-6-15)12-17(14)24-22(28)18-13-23-19-7-2-3-10-27(18)19/h2-3,7-10,12-13,15H,4-6,11H2,1H3,(H,24,28). The van der Waals surface area contributed by atoms with E-state index in [1.807, 2.05) is 49.5 Å². The summed E-state index contributed by atoms with van der Waals surface area (Å²) in [6.45, 7) is 1.95. The SMILES string of the molecule is Cc1ccc(-c2noc(CC3CCC3)n2)cc1NC(=O)c1cnc2ccccn12. The summed E-state index contributed by atoms with van der Waals surface area (Å²) in [5.41, 5.74) is 3.69. The highest BCUT2D eigenvalue weighted by atomic mass is 16.5. The van der Waals surface area contributed by atoms with E-state index in [9.17, 15) is 4.79 Å². The number of amides is 1. The van der Waals surface area contributed by atoms with Crippen molar-refractivity contribution in [1.82, 2.24) is 19.5 Å². The number of pyridine rings is 1. The summed E-state index contributed by atoms with van der Waals surface area (Å²) in [5.74, 6) is 1.68. The molecule has 4 aromatic rings. The second-order valence-corrected chi connectivity index (χ2v) is 7.57. The molecule has 0 atom stereocenters. The predicted octanol–water partition coefficient (Wildman–Crippen LogP) is 4.29. The van der Waals surface area contributed by atoms with Gasteiger partial charge in [-0.05, 0) is 49.4 Å². The maximum atomic E-state index is 12.8. The molecule has 7 heteroatoms. The first-order valence-electron chi connectivity index (χ1n) is 9.84. The number of imidazole rings is 1. The number of carbonyl (C=O) groups excluding carboxylic acids is 1. The van der Waals surface area contributed by atoms with E-state index in [-0.39, 0.29) is 5.91 Å². The molecule has 0 radical (unpaired) electrons. The summed E-state index contributed by atoms with van der Waals surface area (Å²) in [6.07, 6.45) is 8.01. The maximum absolute atomic E-state index is 12.8. The molecule has 1 fully saturated rings. The highest BCUT2D eigenvalue weighted by Crippen LogP contribution is 2.30. The van der Waals surface area contributed by atoms with Crippen LogP contribution in [0.4, 0.5) is 5.69 Å². The number of nitrogens with zero attached hydrogens (tertiary/aromatic N) is 4. The van der Waals surface area contributed by atoms with Gasteiger partial charge in [0, 0.05) is 23.9 Å². The Labute approximate surface area is 167 Å². The van der Waals surface area contributed by atoms with E-state index in [2.05, 4.69) is 20.4 Å². The number of carbonyl (C=O) groups is 1. The van der Waals surface area contributed by atoms with Crippen molar-refractivity contribution < 1.29 is 9.32 Å². The number of fused-ring (bicyclic) bond motifs is 1. The molecule has 1 amide bonds. The van der Waals surface area contributed by atoms with Crippen LogP contribution in [-0.4, -0.2) is 25.4 Å². The lowest BCUT2D eigenvalue weighted by atomic mass is 9.83. The molecular weight excluding hydrogens is 366 g/mol. The van der Waals surface area contributed by atoms with Crippen LogP contribution in [0.15, 0.2) is 53.3 Å². The summed E-state index contributed by atoms with van der Waals surface area (Å²) >= 11 is 0. The number of rotatable bonds is 5. The minimum absolute atomic E-state index is 0.220. The lowest BCUT2D eigenvalue weighted by Gasteiger charge is -2.23. The lowest BCUT2D eigenvalue weighted by Crippen LogP contribution is -2.15. The fourth-order valence-corrected chi connectivity index (χ4v) is 3.58. The highest BCUT2D eigenvalue weighted by molar-refractivity contribution is 6.04. The van der Waals surface area contributed by atoms with Crippen molar-refractivity contribution in [2.24, 2.45) is 5.92 Å². The Morgan fingerprint density at radius 2 is 2.17 bits per heavy atom. The Bertz CT molecular complexity index is 1190. The molecule has 7 nitrogen and oxygen atoms in total. The molecule has 1 aliphatic rings. The average Bonchev–Trinajstić information content (AvgIpc) is 3.33.